The number of piperidine rings is 2. The third-order valence-electron chi connectivity index (χ3n) is 13.4. The lowest BCUT2D eigenvalue weighted by atomic mass is 9.49. The molecule has 2 N–H and O–H groups in total. The number of anilines is 2. The first kappa shape index (κ1) is 41.2. The highest BCUT2D eigenvalue weighted by molar-refractivity contribution is 6.31. The first-order chi connectivity index (χ1) is 28.6. The van der Waals surface area contributed by atoms with Crippen molar-refractivity contribution in [1.82, 2.24) is 25.4 Å². The van der Waals surface area contributed by atoms with Crippen LogP contribution in [0.25, 0.3) is 0 Å². The molecular formula is C45H51ClN8O6. The van der Waals surface area contributed by atoms with Crippen molar-refractivity contribution >= 4 is 52.6 Å². The second-order valence-electron chi connectivity index (χ2n) is 17.9. The number of aromatic nitrogens is 1. The molecule has 0 spiro atoms. The van der Waals surface area contributed by atoms with E-state index in [9.17, 15) is 29.2 Å². The molecule has 15 heteroatoms. The van der Waals surface area contributed by atoms with Crippen molar-refractivity contribution < 1.29 is 28.7 Å². The topological polar surface area (TPSA) is 168 Å². The number of nitriles is 1. The zero-order valence-corrected chi connectivity index (χ0v) is 35.3. The van der Waals surface area contributed by atoms with Crippen LogP contribution < -0.4 is 25.2 Å². The van der Waals surface area contributed by atoms with Crippen molar-refractivity contribution in [2.75, 3.05) is 55.6 Å². The normalized spacial score (nSPS) is 24.1. The highest BCUT2D eigenvalue weighted by atomic mass is 35.5. The first-order valence-electron chi connectivity index (χ1n) is 20.9. The summed E-state index contributed by atoms with van der Waals surface area (Å²) < 4.78 is 6.37. The Bertz CT molecular complexity index is 2240. The smallest absolute Gasteiger partial charge is 0.262 e. The molecular weight excluding hydrogens is 784 g/mol. The zero-order valence-electron chi connectivity index (χ0n) is 34.5. The fourth-order valence-corrected chi connectivity index (χ4v) is 10.4. The lowest BCUT2D eigenvalue weighted by molar-refractivity contribution is -0.164. The summed E-state index contributed by atoms with van der Waals surface area (Å²) in [4.78, 5) is 76.7. The number of imide groups is 2. The third-order valence-corrected chi connectivity index (χ3v) is 13.7. The van der Waals surface area contributed by atoms with Gasteiger partial charge in [-0.2, -0.15) is 5.26 Å². The summed E-state index contributed by atoms with van der Waals surface area (Å²) >= 11 is 6.25. The molecule has 8 rings (SSSR count). The molecule has 4 fully saturated rings. The predicted octanol–water partition coefficient (Wildman–Crippen LogP) is 5.05. The van der Waals surface area contributed by atoms with Crippen LogP contribution in [0, 0.1) is 28.1 Å². The summed E-state index contributed by atoms with van der Waals surface area (Å²) in [6, 6.07) is 15.1. The van der Waals surface area contributed by atoms with E-state index >= 15 is 0 Å². The van der Waals surface area contributed by atoms with Crippen LogP contribution in [0.15, 0.2) is 54.7 Å². The van der Waals surface area contributed by atoms with Crippen molar-refractivity contribution in [2.24, 2.45) is 16.7 Å². The van der Waals surface area contributed by atoms with Gasteiger partial charge in [0.05, 0.1) is 27.3 Å². The Labute approximate surface area is 355 Å². The lowest BCUT2D eigenvalue weighted by Crippen LogP contribution is -2.74. The van der Waals surface area contributed by atoms with Crippen molar-refractivity contribution in [3.05, 3.63) is 82.0 Å². The van der Waals surface area contributed by atoms with Gasteiger partial charge >= 0.3 is 0 Å². The standard InChI is InChI=1S/C45H51ClN8O6/c1-44(2)42(45(3,4)43(44)60-31-8-5-28(25-47)34(46)24-31)50-38(56)29-6-11-36(48-26-29)53-21-19-51(20-22-53)16-13-27-14-17-52(18-15-27)30-7-9-32-33(23-30)41(59)54(40(32)58)35-10-12-37(55)49-39(35)57/h5-9,11,23-24,26-27,35,42-43H,10,12-22H2,1-4H3,(H,50,56)(H,49,55,57)/t35?,42-,43-. The molecule has 314 valence electrons. The fraction of sp³-hybridized carbons (Fsp3) is 0.489. The maximum absolute atomic E-state index is 13.5. The van der Waals surface area contributed by atoms with Gasteiger partial charge in [-0.05, 0) is 80.6 Å². The lowest BCUT2D eigenvalue weighted by Gasteiger charge is -2.63. The number of nitrogens with one attached hydrogen (secondary N) is 2. The third kappa shape index (κ3) is 7.69. The van der Waals surface area contributed by atoms with Crippen LogP contribution in [-0.2, 0) is 9.59 Å². The van der Waals surface area contributed by atoms with E-state index in [4.69, 9.17) is 21.3 Å². The number of carbonyl (C=O) groups excluding carboxylic acids is 5. The second kappa shape index (κ2) is 16.2. The van der Waals surface area contributed by atoms with Crippen LogP contribution in [0.1, 0.15) is 96.4 Å². The number of piperazine rings is 1. The minimum Gasteiger partial charge on any atom is -0.489 e. The van der Waals surface area contributed by atoms with Gasteiger partial charge in [-0.15, -0.1) is 0 Å². The number of hydrogen-bond donors (Lipinski definition) is 2. The summed E-state index contributed by atoms with van der Waals surface area (Å²) in [5.74, 6) is -0.0976. The number of carbonyl (C=O) groups is 5. The Morgan fingerprint density at radius 2 is 1.62 bits per heavy atom. The molecule has 5 amide bonds. The quantitative estimate of drug-likeness (QED) is 0.263. The van der Waals surface area contributed by atoms with Gasteiger partial charge in [0.25, 0.3) is 17.7 Å². The van der Waals surface area contributed by atoms with E-state index in [1.54, 1.807) is 36.5 Å². The molecule has 2 aromatic carbocycles. The van der Waals surface area contributed by atoms with E-state index in [1.165, 1.54) is 0 Å². The highest BCUT2D eigenvalue weighted by Crippen LogP contribution is 2.55. The van der Waals surface area contributed by atoms with Crippen molar-refractivity contribution in [1.29, 1.82) is 5.26 Å². The van der Waals surface area contributed by atoms with E-state index in [0.717, 1.165) is 81.5 Å². The number of pyridine rings is 1. The van der Waals surface area contributed by atoms with Gasteiger partial charge in [0, 0.05) is 80.5 Å². The van der Waals surface area contributed by atoms with Gasteiger partial charge in [0.2, 0.25) is 11.8 Å². The van der Waals surface area contributed by atoms with E-state index in [-0.39, 0.29) is 41.7 Å². The van der Waals surface area contributed by atoms with E-state index in [1.807, 2.05) is 18.2 Å². The number of ether oxygens (including phenoxy) is 1. The SMILES string of the molecule is CC1(C)[C@H](NC(=O)c2ccc(N3CCN(CCC4CCN(c5ccc6c(c5)C(=O)N(C5CCC(=O)NC5=O)C6=O)CC4)CC3)nc2)C(C)(C)[C@H]1Oc1ccc(C#N)c(Cl)c1. The summed E-state index contributed by atoms with van der Waals surface area (Å²) in [7, 11) is 0. The maximum Gasteiger partial charge on any atom is 0.262 e. The summed E-state index contributed by atoms with van der Waals surface area (Å²) in [6.07, 6.45) is 4.87. The molecule has 1 aliphatic carbocycles. The molecule has 60 heavy (non-hydrogen) atoms. The van der Waals surface area contributed by atoms with Gasteiger partial charge in [0.1, 0.15) is 29.8 Å². The van der Waals surface area contributed by atoms with Gasteiger partial charge in [0.15, 0.2) is 0 Å². The molecule has 5 aliphatic rings. The summed E-state index contributed by atoms with van der Waals surface area (Å²) in [5.41, 5.74) is 1.67. The first-order valence-corrected chi connectivity index (χ1v) is 21.2. The average molecular weight is 835 g/mol. The number of nitrogens with zero attached hydrogens (tertiary/aromatic N) is 6. The summed E-state index contributed by atoms with van der Waals surface area (Å²) in [5, 5.41) is 15.0. The number of halogens is 1. The molecule has 1 saturated carbocycles. The Hall–Kier alpha value is -5.52. The molecule has 1 atom stereocenters. The number of amides is 5. The molecule has 0 bridgehead atoms. The zero-order chi connectivity index (χ0) is 42.5. The summed E-state index contributed by atoms with van der Waals surface area (Å²) in [6.45, 7) is 14.6. The number of hydrogen-bond acceptors (Lipinski definition) is 11. The van der Waals surface area contributed by atoms with Crippen molar-refractivity contribution in [3.63, 3.8) is 0 Å². The Kier molecular flexibility index (Phi) is 11.1. The minimum absolute atomic E-state index is 0.0919. The van der Waals surface area contributed by atoms with Crippen LogP contribution >= 0.6 is 11.6 Å². The van der Waals surface area contributed by atoms with Crippen LogP contribution in [0.5, 0.6) is 5.75 Å². The fourth-order valence-electron chi connectivity index (χ4n) is 10.2. The molecule has 5 heterocycles. The minimum atomic E-state index is -0.972. The number of rotatable bonds is 10. The Morgan fingerprint density at radius 1 is 0.900 bits per heavy atom. The average Bonchev–Trinajstić information content (AvgIpc) is 3.49. The molecule has 1 aromatic heterocycles. The number of fused-ring (bicyclic) bond motifs is 1. The predicted molar refractivity (Wildman–Crippen MR) is 225 cm³/mol. The maximum atomic E-state index is 13.5. The molecule has 3 saturated heterocycles. The Balaban J connectivity index is 0.769. The van der Waals surface area contributed by atoms with Crippen molar-refractivity contribution in [2.45, 2.75) is 78.0 Å². The molecule has 0 radical (unpaired) electrons. The molecule has 3 aromatic rings. The van der Waals surface area contributed by atoms with Crippen LogP contribution in [0.4, 0.5) is 11.5 Å². The van der Waals surface area contributed by atoms with E-state index in [2.05, 4.69) is 59.1 Å². The monoisotopic (exact) mass is 834 g/mol. The van der Waals surface area contributed by atoms with Crippen molar-refractivity contribution in [3.8, 4) is 11.8 Å². The van der Waals surface area contributed by atoms with Gasteiger partial charge < -0.3 is 19.9 Å². The largest absolute Gasteiger partial charge is 0.489 e. The highest BCUT2D eigenvalue weighted by Gasteiger charge is 2.64. The van der Waals surface area contributed by atoms with Crippen LogP contribution in [0.2, 0.25) is 5.02 Å². The second-order valence-corrected chi connectivity index (χ2v) is 18.3. The van der Waals surface area contributed by atoms with Gasteiger partial charge in [-0.25, -0.2) is 4.98 Å². The molecule has 1 unspecified atom stereocenters. The van der Waals surface area contributed by atoms with Crippen LogP contribution in [0.3, 0.4) is 0 Å². The Morgan fingerprint density at radius 3 is 2.27 bits per heavy atom. The van der Waals surface area contributed by atoms with Gasteiger partial charge in [-0.3, -0.25) is 39.1 Å². The van der Waals surface area contributed by atoms with E-state index < -0.39 is 29.7 Å². The van der Waals surface area contributed by atoms with Gasteiger partial charge in [-0.1, -0.05) is 39.3 Å². The number of benzene rings is 2. The van der Waals surface area contributed by atoms with E-state index in [0.29, 0.717) is 38.9 Å². The molecule has 4 aliphatic heterocycles. The van der Waals surface area contributed by atoms with Crippen LogP contribution in [-0.4, -0.2) is 108 Å². The molecule has 14 nitrogen and oxygen atoms in total.